The third-order valence-electron chi connectivity index (χ3n) is 7.21. The standard InChI is InChI=1S/C26H30N8/c1-5-21-15-33(22(6-2)14-32(21)18(4)19-9-7-17(3)8-10-19)25-24-23(12-11-20(13-27)29-24)34-16-28-31-26(34)30-25/h7-12,16,18,21-22H,5-6,14-15H2,1-4H3/t18-,21-,22+/m1/s1. The van der Waals surface area contributed by atoms with Gasteiger partial charge in [-0.25, -0.2) is 4.98 Å². The number of nitrogens with zero attached hydrogens (tertiary/aromatic N) is 8. The molecule has 0 bridgehead atoms. The molecule has 5 rings (SSSR count). The van der Waals surface area contributed by atoms with Crippen LogP contribution in [0.5, 0.6) is 0 Å². The summed E-state index contributed by atoms with van der Waals surface area (Å²) in [5.74, 6) is 1.34. The van der Waals surface area contributed by atoms with E-state index in [0.717, 1.165) is 42.8 Å². The average Bonchev–Trinajstić information content (AvgIpc) is 3.36. The van der Waals surface area contributed by atoms with Gasteiger partial charge in [0, 0.05) is 31.2 Å². The number of pyridine rings is 1. The zero-order valence-electron chi connectivity index (χ0n) is 20.2. The monoisotopic (exact) mass is 454 g/mol. The molecular formula is C26H30N8. The number of fused-ring (bicyclic) bond motifs is 3. The Bertz CT molecular complexity index is 1350. The minimum atomic E-state index is 0.268. The summed E-state index contributed by atoms with van der Waals surface area (Å²) in [6, 6.07) is 15.7. The van der Waals surface area contributed by atoms with E-state index in [1.54, 1.807) is 12.4 Å². The van der Waals surface area contributed by atoms with Crippen molar-refractivity contribution in [1.29, 1.82) is 5.26 Å². The number of hydrogen-bond donors (Lipinski definition) is 0. The van der Waals surface area contributed by atoms with E-state index in [1.165, 1.54) is 11.1 Å². The van der Waals surface area contributed by atoms with Gasteiger partial charge in [0.25, 0.3) is 5.78 Å². The molecule has 174 valence electrons. The van der Waals surface area contributed by atoms with E-state index in [1.807, 2.05) is 10.5 Å². The average molecular weight is 455 g/mol. The fourth-order valence-electron chi connectivity index (χ4n) is 5.15. The molecule has 0 saturated carbocycles. The Hall–Kier alpha value is -3.57. The van der Waals surface area contributed by atoms with Crippen LogP contribution in [0.15, 0.2) is 42.7 Å². The molecule has 4 aromatic rings. The Morgan fingerprint density at radius 3 is 2.50 bits per heavy atom. The SMILES string of the molecule is CC[C@H]1CN([C@H](C)c2ccc(C)cc2)[C@H](CC)CN1c1nc2nncn2c2ccc(C#N)nc12. The zero-order chi connectivity index (χ0) is 23.8. The van der Waals surface area contributed by atoms with Gasteiger partial charge in [-0.15, -0.1) is 10.2 Å². The highest BCUT2D eigenvalue weighted by atomic mass is 15.4. The maximum atomic E-state index is 9.49. The summed E-state index contributed by atoms with van der Waals surface area (Å²) < 4.78 is 1.83. The highest BCUT2D eigenvalue weighted by Gasteiger charge is 2.36. The predicted molar refractivity (Wildman–Crippen MR) is 133 cm³/mol. The second kappa shape index (κ2) is 8.99. The minimum absolute atomic E-state index is 0.268. The Kier molecular flexibility index (Phi) is 5.88. The van der Waals surface area contributed by atoms with E-state index in [4.69, 9.17) is 4.98 Å². The van der Waals surface area contributed by atoms with Crippen molar-refractivity contribution in [3.63, 3.8) is 0 Å². The molecule has 3 atom stereocenters. The normalized spacial score (nSPS) is 20.0. The van der Waals surface area contributed by atoms with Crippen molar-refractivity contribution < 1.29 is 0 Å². The van der Waals surface area contributed by atoms with E-state index in [-0.39, 0.29) is 6.04 Å². The van der Waals surface area contributed by atoms with Crippen molar-refractivity contribution in [2.24, 2.45) is 0 Å². The van der Waals surface area contributed by atoms with Gasteiger partial charge in [0.2, 0.25) is 0 Å². The first-order valence-electron chi connectivity index (χ1n) is 12.0. The lowest BCUT2D eigenvalue weighted by atomic mass is 9.96. The number of anilines is 1. The Balaban J connectivity index is 1.57. The quantitative estimate of drug-likeness (QED) is 0.444. The van der Waals surface area contributed by atoms with E-state index in [2.05, 4.69) is 83.0 Å². The first-order valence-corrected chi connectivity index (χ1v) is 12.0. The van der Waals surface area contributed by atoms with Gasteiger partial charge in [0.15, 0.2) is 5.82 Å². The Labute approximate surface area is 199 Å². The van der Waals surface area contributed by atoms with Crippen LogP contribution in [0.4, 0.5) is 5.82 Å². The highest BCUT2D eigenvalue weighted by Crippen LogP contribution is 2.34. The van der Waals surface area contributed by atoms with Gasteiger partial charge in [0.1, 0.15) is 23.6 Å². The molecule has 1 aromatic carbocycles. The van der Waals surface area contributed by atoms with E-state index >= 15 is 0 Å². The summed E-state index contributed by atoms with van der Waals surface area (Å²) in [6.45, 7) is 10.7. The maximum Gasteiger partial charge on any atom is 0.257 e. The molecule has 34 heavy (non-hydrogen) atoms. The van der Waals surface area contributed by atoms with Crippen LogP contribution in [0.1, 0.15) is 56.5 Å². The molecule has 0 spiro atoms. The fourth-order valence-corrected chi connectivity index (χ4v) is 5.15. The van der Waals surface area contributed by atoms with Crippen LogP contribution in [-0.2, 0) is 0 Å². The topological polar surface area (TPSA) is 86.2 Å². The lowest BCUT2D eigenvalue weighted by Crippen LogP contribution is -2.59. The summed E-state index contributed by atoms with van der Waals surface area (Å²) in [5.41, 5.74) is 4.60. The van der Waals surface area contributed by atoms with Gasteiger partial charge in [-0.3, -0.25) is 9.30 Å². The smallest absolute Gasteiger partial charge is 0.257 e. The molecule has 1 aliphatic rings. The maximum absolute atomic E-state index is 9.49. The van der Waals surface area contributed by atoms with E-state index in [9.17, 15) is 5.26 Å². The molecule has 1 saturated heterocycles. The van der Waals surface area contributed by atoms with Crippen LogP contribution >= 0.6 is 0 Å². The van der Waals surface area contributed by atoms with Crippen molar-refractivity contribution in [3.05, 3.63) is 59.5 Å². The number of hydrogen-bond acceptors (Lipinski definition) is 7. The lowest BCUT2D eigenvalue weighted by molar-refractivity contribution is 0.101. The highest BCUT2D eigenvalue weighted by molar-refractivity contribution is 5.88. The second-order valence-electron chi connectivity index (χ2n) is 9.17. The van der Waals surface area contributed by atoms with Gasteiger partial charge >= 0.3 is 0 Å². The Morgan fingerprint density at radius 1 is 1.03 bits per heavy atom. The van der Waals surface area contributed by atoms with Crippen LogP contribution < -0.4 is 4.90 Å². The summed E-state index contributed by atoms with van der Waals surface area (Å²) in [4.78, 5) is 14.6. The molecular weight excluding hydrogens is 424 g/mol. The molecule has 0 N–H and O–H groups in total. The number of aryl methyl sites for hydroxylation is 1. The number of benzene rings is 1. The van der Waals surface area contributed by atoms with E-state index < -0.39 is 0 Å². The summed E-state index contributed by atoms with van der Waals surface area (Å²) in [5, 5.41) is 17.8. The number of nitriles is 1. The van der Waals surface area contributed by atoms with Crippen molar-refractivity contribution in [2.75, 3.05) is 18.0 Å². The molecule has 8 nitrogen and oxygen atoms in total. The molecule has 0 aliphatic carbocycles. The van der Waals surface area contributed by atoms with Gasteiger partial charge < -0.3 is 4.90 Å². The van der Waals surface area contributed by atoms with Crippen LogP contribution in [0.25, 0.3) is 16.8 Å². The first-order chi connectivity index (χ1) is 16.5. The van der Waals surface area contributed by atoms with Crippen molar-refractivity contribution in [2.45, 2.75) is 58.7 Å². The summed E-state index contributed by atoms with van der Waals surface area (Å²) >= 11 is 0. The van der Waals surface area contributed by atoms with Crippen LogP contribution in [-0.4, -0.2) is 54.6 Å². The van der Waals surface area contributed by atoms with Crippen molar-refractivity contribution in [1.82, 2.24) is 29.5 Å². The van der Waals surface area contributed by atoms with Crippen LogP contribution in [0, 0.1) is 18.3 Å². The van der Waals surface area contributed by atoms with Gasteiger partial charge in [-0.1, -0.05) is 43.7 Å². The van der Waals surface area contributed by atoms with Crippen molar-refractivity contribution in [3.8, 4) is 6.07 Å². The molecule has 1 fully saturated rings. The Morgan fingerprint density at radius 2 is 1.79 bits per heavy atom. The fraction of sp³-hybridized carbons (Fsp3) is 0.423. The second-order valence-corrected chi connectivity index (χ2v) is 9.17. The lowest BCUT2D eigenvalue weighted by Gasteiger charge is -2.49. The number of aromatic nitrogens is 5. The van der Waals surface area contributed by atoms with E-state index in [0.29, 0.717) is 23.6 Å². The molecule has 1 aliphatic heterocycles. The molecule has 3 aromatic heterocycles. The predicted octanol–water partition coefficient (Wildman–Crippen LogP) is 4.29. The first kappa shape index (κ1) is 22.2. The molecule has 0 amide bonds. The van der Waals surface area contributed by atoms with Gasteiger partial charge in [-0.05, 0) is 44.4 Å². The largest absolute Gasteiger partial charge is 0.349 e. The number of piperazine rings is 1. The molecule has 4 heterocycles. The number of rotatable bonds is 5. The van der Waals surface area contributed by atoms with Crippen molar-refractivity contribution >= 4 is 22.6 Å². The van der Waals surface area contributed by atoms with Gasteiger partial charge in [0.05, 0.1) is 5.52 Å². The molecule has 0 radical (unpaired) electrons. The van der Waals surface area contributed by atoms with Crippen LogP contribution in [0.2, 0.25) is 0 Å². The third kappa shape index (κ3) is 3.76. The van der Waals surface area contributed by atoms with Crippen LogP contribution in [0.3, 0.4) is 0 Å². The van der Waals surface area contributed by atoms with Gasteiger partial charge in [-0.2, -0.15) is 10.2 Å². The molecule has 0 unspecified atom stereocenters. The summed E-state index contributed by atoms with van der Waals surface area (Å²) in [6.07, 6.45) is 3.66. The zero-order valence-corrected chi connectivity index (χ0v) is 20.2. The minimum Gasteiger partial charge on any atom is -0.349 e. The summed E-state index contributed by atoms with van der Waals surface area (Å²) in [7, 11) is 0. The molecule has 8 heteroatoms. The third-order valence-corrected chi connectivity index (χ3v) is 7.21.